The molecule has 100 valence electrons. The number of nitrogens with zero attached hydrogens (tertiary/aromatic N) is 1. The number of rotatable bonds is 4. The molecule has 19 heavy (non-hydrogen) atoms. The number of hydrogen-bond donors (Lipinski definition) is 2. The molecule has 5 heteroatoms. The zero-order valence-electron chi connectivity index (χ0n) is 10.5. The molecule has 3 nitrogen and oxygen atoms in total. The molecule has 1 heterocycles. The van der Waals surface area contributed by atoms with Crippen LogP contribution in [0.5, 0.6) is 0 Å². The van der Waals surface area contributed by atoms with Gasteiger partial charge in [-0.2, -0.15) is 0 Å². The van der Waals surface area contributed by atoms with Gasteiger partial charge in [-0.05, 0) is 42.2 Å². The highest BCUT2D eigenvalue weighted by atomic mass is 79.9. The van der Waals surface area contributed by atoms with Crippen LogP contribution in [-0.2, 0) is 6.42 Å². The molecule has 0 fully saturated rings. The first kappa shape index (κ1) is 14.5. The molecule has 0 amide bonds. The van der Waals surface area contributed by atoms with E-state index in [1.165, 1.54) is 5.56 Å². The van der Waals surface area contributed by atoms with Crippen LogP contribution in [0.1, 0.15) is 22.7 Å². The molecule has 0 aliphatic rings. The van der Waals surface area contributed by atoms with Crippen LogP contribution >= 0.6 is 27.5 Å². The van der Waals surface area contributed by atoms with Gasteiger partial charge in [0, 0.05) is 16.9 Å². The molecule has 0 aliphatic carbocycles. The standard InChI is InChI=1S/C14H15BrClN3/c1-9-2-3-11(6-12(9)15)14(19-17)7-10-4-5-18-8-13(10)16/h2-6,8,14,19H,7,17H2,1H3. The lowest BCUT2D eigenvalue weighted by molar-refractivity contribution is 0.551. The van der Waals surface area contributed by atoms with Gasteiger partial charge >= 0.3 is 0 Å². The SMILES string of the molecule is Cc1ccc(C(Cc2ccncc2Cl)NN)cc1Br. The highest BCUT2D eigenvalue weighted by molar-refractivity contribution is 9.10. The van der Waals surface area contributed by atoms with Crippen LogP contribution in [0.2, 0.25) is 5.02 Å². The summed E-state index contributed by atoms with van der Waals surface area (Å²) in [6.45, 7) is 2.05. The molecule has 1 aromatic heterocycles. The van der Waals surface area contributed by atoms with E-state index >= 15 is 0 Å². The summed E-state index contributed by atoms with van der Waals surface area (Å²) in [4.78, 5) is 3.99. The summed E-state index contributed by atoms with van der Waals surface area (Å²) in [7, 11) is 0. The molecule has 0 aliphatic heterocycles. The zero-order valence-corrected chi connectivity index (χ0v) is 12.9. The monoisotopic (exact) mass is 339 g/mol. The number of aryl methyl sites for hydroxylation is 1. The number of halogens is 2. The molecule has 2 rings (SSSR count). The van der Waals surface area contributed by atoms with Gasteiger partial charge in [0.15, 0.2) is 0 Å². The maximum absolute atomic E-state index is 6.13. The lowest BCUT2D eigenvalue weighted by Gasteiger charge is -2.18. The fourth-order valence-electron chi connectivity index (χ4n) is 1.89. The Morgan fingerprint density at radius 2 is 2.21 bits per heavy atom. The Morgan fingerprint density at radius 3 is 2.84 bits per heavy atom. The van der Waals surface area contributed by atoms with Gasteiger partial charge in [0.2, 0.25) is 0 Å². The second-order valence-electron chi connectivity index (χ2n) is 4.40. The Hall–Kier alpha value is -0.940. The normalized spacial score (nSPS) is 12.4. The summed E-state index contributed by atoms with van der Waals surface area (Å²) in [6, 6.07) is 8.14. The van der Waals surface area contributed by atoms with Crippen molar-refractivity contribution < 1.29 is 0 Å². The summed E-state index contributed by atoms with van der Waals surface area (Å²) in [5, 5.41) is 0.661. The van der Waals surface area contributed by atoms with E-state index in [4.69, 9.17) is 17.4 Å². The number of pyridine rings is 1. The molecule has 0 saturated heterocycles. The predicted octanol–water partition coefficient (Wildman–Crippen LogP) is 3.55. The van der Waals surface area contributed by atoms with E-state index in [2.05, 4.69) is 51.5 Å². The molecule has 0 spiro atoms. The minimum absolute atomic E-state index is 0.0109. The quantitative estimate of drug-likeness (QED) is 0.661. The molecular weight excluding hydrogens is 326 g/mol. The molecule has 1 atom stereocenters. The van der Waals surface area contributed by atoms with E-state index in [1.807, 2.05) is 6.07 Å². The zero-order chi connectivity index (χ0) is 13.8. The lowest BCUT2D eigenvalue weighted by atomic mass is 9.99. The fraction of sp³-hybridized carbons (Fsp3) is 0.214. The van der Waals surface area contributed by atoms with Crippen LogP contribution in [-0.4, -0.2) is 4.98 Å². The maximum atomic E-state index is 6.13. The van der Waals surface area contributed by atoms with E-state index in [0.717, 1.165) is 15.6 Å². The lowest BCUT2D eigenvalue weighted by Crippen LogP contribution is -2.29. The number of aromatic nitrogens is 1. The average Bonchev–Trinajstić information content (AvgIpc) is 2.41. The first-order chi connectivity index (χ1) is 9.11. The third-order valence-corrected chi connectivity index (χ3v) is 4.27. The summed E-state index contributed by atoms with van der Waals surface area (Å²) in [6.07, 6.45) is 4.10. The number of benzene rings is 1. The molecule has 0 saturated carbocycles. The van der Waals surface area contributed by atoms with E-state index in [-0.39, 0.29) is 6.04 Å². The summed E-state index contributed by atoms with van der Waals surface area (Å²) in [5.74, 6) is 5.67. The number of hydrogen-bond acceptors (Lipinski definition) is 3. The minimum atomic E-state index is 0.0109. The predicted molar refractivity (Wildman–Crippen MR) is 81.9 cm³/mol. The van der Waals surface area contributed by atoms with Crippen molar-refractivity contribution in [2.24, 2.45) is 5.84 Å². The van der Waals surface area contributed by atoms with Crippen LogP contribution in [0.15, 0.2) is 41.1 Å². The van der Waals surface area contributed by atoms with Gasteiger partial charge in [0.25, 0.3) is 0 Å². The molecule has 2 aromatic rings. The van der Waals surface area contributed by atoms with Crippen LogP contribution in [0.25, 0.3) is 0 Å². The fourth-order valence-corrected chi connectivity index (χ4v) is 2.48. The third-order valence-electron chi connectivity index (χ3n) is 3.08. The van der Waals surface area contributed by atoms with Crippen molar-refractivity contribution in [3.63, 3.8) is 0 Å². The van der Waals surface area contributed by atoms with Gasteiger partial charge in [-0.15, -0.1) is 0 Å². The highest BCUT2D eigenvalue weighted by Crippen LogP contribution is 2.25. The van der Waals surface area contributed by atoms with E-state index in [0.29, 0.717) is 11.4 Å². The van der Waals surface area contributed by atoms with E-state index < -0.39 is 0 Å². The molecular formula is C14H15BrClN3. The van der Waals surface area contributed by atoms with Gasteiger partial charge in [-0.1, -0.05) is 39.7 Å². The van der Waals surface area contributed by atoms with E-state index in [1.54, 1.807) is 12.4 Å². The number of nitrogens with two attached hydrogens (primary N) is 1. The highest BCUT2D eigenvalue weighted by Gasteiger charge is 2.13. The maximum Gasteiger partial charge on any atom is 0.0622 e. The van der Waals surface area contributed by atoms with Crippen LogP contribution in [0.4, 0.5) is 0 Å². The second-order valence-corrected chi connectivity index (χ2v) is 5.66. The second kappa shape index (κ2) is 6.48. The Balaban J connectivity index is 2.25. The number of nitrogens with one attached hydrogen (secondary N) is 1. The summed E-state index contributed by atoms with van der Waals surface area (Å²) < 4.78 is 1.08. The van der Waals surface area contributed by atoms with Crippen molar-refractivity contribution in [3.8, 4) is 0 Å². The van der Waals surface area contributed by atoms with Crippen molar-refractivity contribution in [1.82, 2.24) is 10.4 Å². The van der Waals surface area contributed by atoms with Crippen molar-refractivity contribution >= 4 is 27.5 Å². The van der Waals surface area contributed by atoms with Crippen molar-refractivity contribution in [2.75, 3.05) is 0 Å². The van der Waals surface area contributed by atoms with Gasteiger partial charge < -0.3 is 0 Å². The smallest absolute Gasteiger partial charge is 0.0622 e. The topological polar surface area (TPSA) is 50.9 Å². The van der Waals surface area contributed by atoms with Crippen molar-refractivity contribution in [2.45, 2.75) is 19.4 Å². The third kappa shape index (κ3) is 3.54. The molecule has 0 radical (unpaired) electrons. The van der Waals surface area contributed by atoms with Crippen LogP contribution in [0, 0.1) is 6.92 Å². The summed E-state index contributed by atoms with van der Waals surface area (Å²) >= 11 is 9.67. The molecule has 0 bridgehead atoms. The van der Waals surface area contributed by atoms with Crippen molar-refractivity contribution in [3.05, 3.63) is 62.8 Å². The largest absolute Gasteiger partial charge is 0.271 e. The Morgan fingerprint density at radius 1 is 1.42 bits per heavy atom. The van der Waals surface area contributed by atoms with Gasteiger partial charge in [-0.25, -0.2) is 0 Å². The van der Waals surface area contributed by atoms with Gasteiger partial charge in [-0.3, -0.25) is 16.3 Å². The Labute approximate surface area is 126 Å². The van der Waals surface area contributed by atoms with E-state index in [9.17, 15) is 0 Å². The molecule has 1 aromatic carbocycles. The van der Waals surface area contributed by atoms with Crippen LogP contribution < -0.4 is 11.3 Å². The van der Waals surface area contributed by atoms with Gasteiger partial charge in [0.05, 0.1) is 11.1 Å². The van der Waals surface area contributed by atoms with Crippen LogP contribution in [0.3, 0.4) is 0 Å². The van der Waals surface area contributed by atoms with Gasteiger partial charge in [0.1, 0.15) is 0 Å². The summed E-state index contributed by atoms with van der Waals surface area (Å²) in [5.41, 5.74) is 6.18. The molecule has 3 N–H and O–H groups in total. The first-order valence-corrected chi connectivity index (χ1v) is 7.09. The number of hydrazine groups is 1. The first-order valence-electron chi connectivity index (χ1n) is 5.92. The van der Waals surface area contributed by atoms with Crippen molar-refractivity contribution in [1.29, 1.82) is 0 Å². The average molecular weight is 341 g/mol. The Kier molecular flexibility index (Phi) is 4.93. The minimum Gasteiger partial charge on any atom is -0.271 e. The molecule has 1 unspecified atom stereocenters. The Bertz CT molecular complexity index is 574.